The van der Waals surface area contributed by atoms with Crippen molar-refractivity contribution in [3.63, 3.8) is 0 Å². The van der Waals surface area contributed by atoms with Gasteiger partial charge in [-0.25, -0.2) is 0 Å². The Kier molecular flexibility index (Phi) is 3.69. The highest BCUT2D eigenvalue weighted by Gasteiger charge is 2.23. The molecular formula is C9H19N3O. The maximum Gasteiger partial charge on any atom is 0.239 e. The van der Waals surface area contributed by atoms with Gasteiger partial charge in [0.2, 0.25) is 5.91 Å². The quantitative estimate of drug-likeness (QED) is 0.636. The molecule has 1 amide bonds. The Morgan fingerprint density at radius 1 is 1.62 bits per heavy atom. The van der Waals surface area contributed by atoms with Crippen molar-refractivity contribution in [3.05, 3.63) is 0 Å². The summed E-state index contributed by atoms with van der Waals surface area (Å²) in [5, 5.41) is 3.14. The SMILES string of the molecule is CC1NCCN(CCN(C)C)C1=O. The molecule has 0 radical (unpaired) electrons. The molecule has 1 aliphatic rings. The van der Waals surface area contributed by atoms with E-state index in [-0.39, 0.29) is 11.9 Å². The van der Waals surface area contributed by atoms with Crippen molar-refractivity contribution in [2.24, 2.45) is 0 Å². The van der Waals surface area contributed by atoms with Crippen molar-refractivity contribution in [2.45, 2.75) is 13.0 Å². The molecule has 0 spiro atoms. The predicted molar refractivity (Wildman–Crippen MR) is 52.6 cm³/mol. The van der Waals surface area contributed by atoms with Crippen molar-refractivity contribution >= 4 is 5.91 Å². The minimum atomic E-state index is -0.00378. The fourth-order valence-electron chi connectivity index (χ4n) is 1.43. The number of carbonyl (C=O) groups excluding carboxylic acids is 1. The first-order valence-electron chi connectivity index (χ1n) is 4.78. The zero-order chi connectivity index (χ0) is 9.84. The molecule has 1 unspecified atom stereocenters. The summed E-state index contributed by atoms with van der Waals surface area (Å²) in [6, 6.07) is -0.00378. The van der Waals surface area contributed by atoms with Crippen molar-refractivity contribution < 1.29 is 4.79 Å². The van der Waals surface area contributed by atoms with E-state index in [9.17, 15) is 4.79 Å². The lowest BCUT2D eigenvalue weighted by Gasteiger charge is -2.32. The van der Waals surface area contributed by atoms with Gasteiger partial charge in [0.1, 0.15) is 0 Å². The summed E-state index contributed by atoms with van der Waals surface area (Å²) in [5.74, 6) is 0.230. The summed E-state index contributed by atoms with van der Waals surface area (Å²) in [6.07, 6.45) is 0. The maximum absolute atomic E-state index is 11.6. The molecule has 0 aliphatic carbocycles. The molecular weight excluding hydrogens is 166 g/mol. The van der Waals surface area contributed by atoms with Crippen LogP contribution >= 0.6 is 0 Å². The standard InChI is InChI=1S/C9H19N3O/c1-8-9(13)12(5-4-10-8)7-6-11(2)3/h8,10H,4-7H2,1-3H3. The molecule has 1 N–H and O–H groups in total. The largest absolute Gasteiger partial charge is 0.339 e. The highest BCUT2D eigenvalue weighted by molar-refractivity contribution is 5.82. The Morgan fingerprint density at radius 2 is 2.31 bits per heavy atom. The van der Waals surface area contributed by atoms with E-state index in [0.717, 1.165) is 26.2 Å². The fourth-order valence-corrected chi connectivity index (χ4v) is 1.43. The van der Waals surface area contributed by atoms with Crippen molar-refractivity contribution in [1.29, 1.82) is 0 Å². The van der Waals surface area contributed by atoms with Gasteiger partial charge in [0.25, 0.3) is 0 Å². The topological polar surface area (TPSA) is 35.6 Å². The third-order valence-electron chi connectivity index (χ3n) is 2.33. The molecule has 4 heteroatoms. The van der Waals surface area contributed by atoms with E-state index in [1.807, 2.05) is 25.9 Å². The van der Waals surface area contributed by atoms with E-state index < -0.39 is 0 Å². The lowest BCUT2D eigenvalue weighted by Crippen LogP contribution is -2.54. The molecule has 76 valence electrons. The van der Waals surface area contributed by atoms with E-state index in [1.165, 1.54) is 0 Å². The minimum absolute atomic E-state index is 0.00378. The second kappa shape index (κ2) is 4.58. The summed E-state index contributed by atoms with van der Waals surface area (Å²) in [4.78, 5) is 15.6. The van der Waals surface area contributed by atoms with Crippen LogP contribution in [0.3, 0.4) is 0 Å². The van der Waals surface area contributed by atoms with E-state index in [1.54, 1.807) is 0 Å². The van der Waals surface area contributed by atoms with E-state index in [2.05, 4.69) is 10.2 Å². The van der Waals surface area contributed by atoms with Gasteiger partial charge < -0.3 is 15.1 Å². The second-order valence-electron chi connectivity index (χ2n) is 3.80. The second-order valence-corrected chi connectivity index (χ2v) is 3.80. The third kappa shape index (κ3) is 2.97. The van der Waals surface area contributed by atoms with Gasteiger partial charge in [-0.3, -0.25) is 4.79 Å². The Bertz CT molecular complexity index is 182. The number of carbonyl (C=O) groups is 1. The Morgan fingerprint density at radius 3 is 2.92 bits per heavy atom. The normalized spacial score (nSPS) is 24.2. The summed E-state index contributed by atoms with van der Waals surface area (Å²) >= 11 is 0. The number of nitrogens with zero attached hydrogens (tertiary/aromatic N) is 2. The molecule has 0 bridgehead atoms. The van der Waals surface area contributed by atoms with Gasteiger partial charge in [-0.2, -0.15) is 0 Å². The van der Waals surface area contributed by atoms with Crippen molar-refractivity contribution in [1.82, 2.24) is 15.1 Å². The van der Waals surface area contributed by atoms with Gasteiger partial charge in [0.15, 0.2) is 0 Å². The molecule has 1 aliphatic heterocycles. The number of amides is 1. The molecule has 0 aromatic carbocycles. The van der Waals surface area contributed by atoms with Gasteiger partial charge in [0.05, 0.1) is 6.04 Å². The molecule has 0 aromatic heterocycles. The summed E-state index contributed by atoms with van der Waals surface area (Å²) in [5.41, 5.74) is 0. The van der Waals surface area contributed by atoms with Gasteiger partial charge >= 0.3 is 0 Å². The van der Waals surface area contributed by atoms with E-state index in [4.69, 9.17) is 0 Å². The molecule has 1 fully saturated rings. The molecule has 1 rings (SSSR count). The molecule has 4 nitrogen and oxygen atoms in total. The summed E-state index contributed by atoms with van der Waals surface area (Å²) in [6.45, 7) is 5.47. The lowest BCUT2D eigenvalue weighted by atomic mass is 10.2. The molecule has 1 saturated heterocycles. The number of hydrogen-bond acceptors (Lipinski definition) is 3. The summed E-state index contributed by atoms with van der Waals surface area (Å²) < 4.78 is 0. The van der Waals surface area contributed by atoms with Crippen LogP contribution in [0.1, 0.15) is 6.92 Å². The Hall–Kier alpha value is -0.610. The molecule has 13 heavy (non-hydrogen) atoms. The fraction of sp³-hybridized carbons (Fsp3) is 0.889. The first-order chi connectivity index (χ1) is 6.11. The van der Waals surface area contributed by atoms with E-state index in [0.29, 0.717) is 0 Å². The van der Waals surface area contributed by atoms with Crippen LogP contribution in [0, 0.1) is 0 Å². The van der Waals surface area contributed by atoms with E-state index >= 15 is 0 Å². The average Bonchev–Trinajstić information content (AvgIpc) is 2.07. The van der Waals surface area contributed by atoms with Crippen LogP contribution in [-0.2, 0) is 4.79 Å². The molecule has 1 atom stereocenters. The lowest BCUT2D eigenvalue weighted by molar-refractivity contribution is -0.135. The Balaban J connectivity index is 2.35. The smallest absolute Gasteiger partial charge is 0.239 e. The van der Waals surface area contributed by atoms with Crippen LogP contribution in [0.15, 0.2) is 0 Å². The molecule has 0 aromatic rings. The number of rotatable bonds is 3. The highest BCUT2D eigenvalue weighted by atomic mass is 16.2. The molecule has 0 saturated carbocycles. The monoisotopic (exact) mass is 185 g/mol. The van der Waals surface area contributed by atoms with Gasteiger partial charge in [-0.05, 0) is 21.0 Å². The third-order valence-corrected chi connectivity index (χ3v) is 2.33. The molecule has 1 heterocycles. The van der Waals surface area contributed by atoms with Crippen LogP contribution < -0.4 is 5.32 Å². The zero-order valence-corrected chi connectivity index (χ0v) is 8.71. The minimum Gasteiger partial charge on any atom is -0.339 e. The van der Waals surface area contributed by atoms with Gasteiger partial charge in [-0.1, -0.05) is 0 Å². The number of piperazine rings is 1. The highest BCUT2D eigenvalue weighted by Crippen LogP contribution is 2.00. The van der Waals surface area contributed by atoms with Crippen LogP contribution in [-0.4, -0.2) is 62.0 Å². The van der Waals surface area contributed by atoms with Crippen molar-refractivity contribution in [3.8, 4) is 0 Å². The first-order valence-corrected chi connectivity index (χ1v) is 4.78. The van der Waals surface area contributed by atoms with Crippen molar-refractivity contribution in [2.75, 3.05) is 40.3 Å². The van der Waals surface area contributed by atoms with Gasteiger partial charge in [-0.15, -0.1) is 0 Å². The van der Waals surface area contributed by atoms with Gasteiger partial charge in [0, 0.05) is 26.2 Å². The first kappa shape index (κ1) is 10.5. The maximum atomic E-state index is 11.6. The predicted octanol–water partition coefficient (Wildman–Crippen LogP) is -0.632. The number of nitrogens with one attached hydrogen (secondary N) is 1. The Labute approximate surface area is 79.9 Å². The van der Waals surface area contributed by atoms with Crippen LogP contribution in [0.5, 0.6) is 0 Å². The number of likely N-dealkylation sites (N-methyl/N-ethyl adjacent to an activating group) is 1. The number of hydrogen-bond donors (Lipinski definition) is 1. The average molecular weight is 185 g/mol. The summed E-state index contributed by atoms with van der Waals surface area (Å²) in [7, 11) is 4.05. The van der Waals surface area contributed by atoms with Crippen LogP contribution in [0.2, 0.25) is 0 Å². The van der Waals surface area contributed by atoms with Crippen LogP contribution in [0.25, 0.3) is 0 Å². The van der Waals surface area contributed by atoms with Crippen LogP contribution in [0.4, 0.5) is 0 Å². The zero-order valence-electron chi connectivity index (χ0n) is 8.71.